The number of H-pyrrole nitrogens is 1. The fraction of sp³-hybridized carbons (Fsp3) is 0.464. The average molecular weight is 1010 g/mol. The van der Waals surface area contributed by atoms with E-state index < -0.39 is 17.7 Å². The molecule has 4 saturated heterocycles. The van der Waals surface area contributed by atoms with E-state index in [9.17, 15) is 32.8 Å². The average Bonchev–Trinajstić information content (AvgIpc) is 3.79. The minimum Gasteiger partial charge on any atom is -0.381 e. The number of likely N-dealkylation sites (tertiary alicyclic amines) is 1. The Hall–Kier alpha value is -7.08. The molecule has 4 aliphatic rings. The van der Waals surface area contributed by atoms with E-state index in [-0.39, 0.29) is 35.6 Å². The molecule has 1 atom stereocenters. The van der Waals surface area contributed by atoms with Crippen molar-refractivity contribution in [1.82, 2.24) is 30.2 Å². The van der Waals surface area contributed by atoms with Crippen molar-refractivity contribution < 1.29 is 32.8 Å². The SMILES string of the molecule is CN1CCN(c2ccc(C(=O)Nc3n[nH]c4ccc(Cc5cc(F)cc(F)c5)cc34)c(NC3CCN(C(=O)CCCCCCCCC(=O)N4CCN(c5ccc(NC6CCC(=O)NC6=O)cc5)CC4)CC3)c2)CC1. The monoisotopic (exact) mass is 1010 g/mol. The minimum absolute atomic E-state index is 0.0635. The normalized spacial score (nSPS) is 17.9. The molecular weight excluding hydrogens is 945 g/mol. The van der Waals surface area contributed by atoms with Crippen molar-refractivity contribution in [1.29, 1.82) is 0 Å². The van der Waals surface area contributed by atoms with E-state index in [0.29, 0.717) is 86.1 Å². The number of rotatable bonds is 19. The van der Waals surface area contributed by atoms with Gasteiger partial charge >= 0.3 is 0 Å². The van der Waals surface area contributed by atoms with Gasteiger partial charge in [0.2, 0.25) is 23.6 Å². The number of aromatic amines is 1. The summed E-state index contributed by atoms with van der Waals surface area (Å²) in [5.41, 5.74) is 6.18. The smallest absolute Gasteiger partial charge is 0.258 e. The second kappa shape index (κ2) is 24.3. The Morgan fingerprint density at radius 2 is 1.27 bits per heavy atom. The molecule has 18 heteroatoms. The van der Waals surface area contributed by atoms with Crippen LogP contribution in [0.15, 0.2) is 78.9 Å². The molecule has 5 aromatic rings. The van der Waals surface area contributed by atoms with Gasteiger partial charge in [-0.25, -0.2) is 8.78 Å². The number of aromatic nitrogens is 2. The lowest BCUT2D eigenvalue weighted by molar-refractivity contribution is -0.134. The number of nitrogens with one attached hydrogen (secondary N) is 5. The quantitative estimate of drug-likeness (QED) is 0.0408. The van der Waals surface area contributed by atoms with Crippen LogP contribution < -0.4 is 31.1 Å². The predicted molar refractivity (Wildman–Crippen MR) is 285 cm³/mol. The number of benzene rings is 4. The third-order valence-corrected chi connectivity index (χ3v) is 15.0. The zero-order chi connectivity index (χ0) is 51.6. The highest BCUT2D eigenvalue weighted by molar-refractivity contribution is 6.11. The van der Waals surface area contributed by atoms with Gasteiger partial charge in [-0.15, -0.1) is 0 Å². The molecular formula is C56H69F2N11O5. The first kappa shape index (κ1) is 51.8. The molecule has 0 radical (unpaired) electrons. The van der Waals surface area contributed by atoms with E-state index >= 15 is 0 Å². The Bertz CT molecular complexity index is 2760. The topological polar surface area (TPSA) is 178 Å². The second-order valence-corrected chi connectivity index (χ2v) is 20.4. The van der Waals surface area contributed by atoms with Crippen molar-refractivity contribution in [3.8, 4) is 0 Å². The molecule has 74 heavy (non-hydrogen) atoms. The van der Waals surface area contributed by atoms with Crippen LogP contribution in [0.25, 0.3) is 10.9 Å². The molecule has 4 aromatic carbocycles. The van der Waals surface area contributed by atoms with Crippen molar-refractivity contribution in [2.24, 2.45) is 0 Å². The van der Waals surface area contributed by atoms with Gasteiger partial charge in [-0.05, 0) is 123 Å². The lowest BCUT2D eigenvalue weighted by Gasteiger charge is -2.36. The van der Waals surface area contributed by atoms with Gasteiger partial charge in [-0.2, -0.15) is 5.10 Å². The number of amides is 5. The lowest BCUT2D eigenvalue weighted by atomic mass is 10.0. The summed E-state index contributed by atoms with van der Waals surface area (Å²) in [6.07, 6.45) is 9.45. The Morgan fingerprint density at radius 3 is 1.95 bits per heavy atom. The number of likely N-dealkylation sites (N-methyl/N-ethyl adjacent to an activating group) is 1. The van der Waals surface area contributed by atoms with Crippen LogP contribution >= 0.6 is 0 Å². The highest BCUT2D eigenvalue weighted by atomic mass is 19.1. The van der Waals surface area contributed by atoms with E-state index in [1.807, 2.05) is 64.4 Å². The van der Waals surface area contributed by atoms with Gasteiger partial charge in [-0.1, -0.05) is 31.7 Å². The molecule has 0 bridgehead atoms. The maximum Gasteiger partial charge on any atom is 0.258 e. The number of carbonyl (C=O) groups is 5. The molecule has 5 amide bonds. The van der Waals surface area contributed by atoms with Crippen LogP contribution in [0.1, 0.15) is 98.5 Å². The molecule has 0 saturated carbocycles. The Kier molecular flexibility index (Phi) is 17.0. The highest BCUT2D eigenvalue weighted by Gasteiger charge is 2.28. The number of hydrogen-bond donors (Lipinski definition) is 5. The molecule has 4 aliphatic heterocycles. The molecule has 1 unspecified atom stereocenters. The Morgan fingerprint density at radius 1 is 0.649 bits per heavy atom. The van der Waals surface area contributed by atoms with Crippen LogP contribution in [-0.2, 0) is 25.6 Å². The molecule has 0 spiro atoms. The fourth-order valence-electron chi connectivity index (χ4n) is 10.6. The molecule has 392 valence electrons. The number of carbonyl (C=O) groups excluding carboxylic acids is 5. The number of anilines is 5. The van der Waals surface area contributed by atoms with Gasteiger partial charge in [0.1, 0.15) is 17.7 Å². The molecule has 1 aromatic heterocycles. The van der Waals surface area contributed by atoms with Crippen LogP contribution in [0.2, 0.25) is 0 Å². The number of unbranched alkanes of at least 4 members (excludes halogenated alkanes) is 5. The zero-order valence-electron chi connectivity index (χ0n) is 42.4. The first-order valence-electron chi connectivity index (χ1n) is 26.5. The van der Waals surface area contributed by atoms with Crippen LogP contribution in [0.3, 0.4) is 0 Å². The van der Waals surface area contributed by atoms with Gasteiger partial charge in [0.05, 0.1) is 11.1 Å². The van der Waals surface area contributed by atoms with Crippen molar-refractivity contribution in [2.75, 3.05) is 98.2 Å². The van der Waals surface area contributed by atoms with Crippen molar-refractivity contribution in [3.05, 3.63) is 107 Å². The summed E-state index contributed by atoms with van der Waals surface area (Å²) in [5.74, 6) is -1.36. The fourth-order valence-corrected chi connectivity index (χ4v) is 10.6. The number of fused-ring (bicyclic) bond motifs is 1. The standard InChI is InChI=1S/C56H69F2N11O5/c1-65-24-26-67(27-25-65)45-15-16-46(55(73)62-54-47-35-38(10-17-48(47)63-64-54)32-39-33-40(57)36-41(58)34-39)50(37-45)60-43-20-22-68(23-21-43)52(71)8-6-4-2-3-5-7-9-53(72)69-30-28-66(29-31-69)44-13-11-42(12-14-44)59-49-18-19-51(70)61-56(49)74/h10-17,33-37,43,49,59-60H,2-9,18-32H2,1H3,(H,61,70,74)(H2,62,63,64,73). The van der Waals surface area contributed by atoms with Crippen LogP contribution in [-0.4, -0.2) is 139 Å². The first-order valence-corrected chi connectivity index (χ1v) is 26.5. The van der Waals surface area contributed by atoms with Gasteiger partial charge < -0.3 is 40.4 Å². The summed E-state index contributed by atoms with van der Waals surface area (Å²) < 4.78 is 27.9. The molecule has 0 aliphatic carbocycles. The van der Waals surface area contributed by atoms with E-state index in [4.69, 9.17) is 0 Å². The van der Waals surface area contributed by atoms with E-state index in [1.54, 1.807) is 0 Å². The van der Waals surface area contributed by atoms with Gasteiger partial charge in [0, 0.05) is 125 Å². The van der Waals surface area contributed by atoms with Crippen molar-refractivity contribution >= 4 is 69.0 Å². The van der Waals surface area contributed by atoms with Crippen LogP contribution in [0.4, 0.5) is 37.3 Å². The van der Waals surface area contributed by atoms with E-state index in [0.717, 1.165) is 125 Å². The number of halogens is 2. The molecule has 9 rings (SSSR count). The molecule has 5 N–H and O–H groups in total. The van der Waals surface area contributed by atoms with E-state index in [1.165, 1.54) is 12.1 Å². The van der Waals surface area contributed by atoms with Gasteiger partial charge in [-0.3, -0.25) is 34.4 Å². The minimum atomic E-state index is -0.632. The summed E-state index contributed by atoms with van der Waals surface area (Å²) in [5, 5.41) is 20.4. The molecule has 16 nitrogen and oxygen atoms in total. The van der Waals surface area contributed by atoms with Gasteiger partial charge in [0.25, 0.3) is 5.91 Å². The summed E-state index contributed by atoms with van der Waals surface area (Å²) in [4.78, 5) is 74.9. The molecule has 5 heterocycles. The number of nitrogens with zero attached hydrogens (tertiary/aromatic N) is 6. The number of piperidine rings is 2. The van der Waals surface area contributed by atoms with Crippen LogP contribution in [0, 0.1) is 11.6 Å². The third kappa shape index (κ3) is 13.5. The van der Waals surface area contributed by atoms with Gasteiger partial charge in [0.15, 0.2) is 5.82 Å². The maximum absolute atomic E-state index is 14.1. The van der Waals surface area contributed by atoms with E-state index in [2.05, 4.69) is 59.3 Å². The van der Waals surface area contributed by atoms with Crippen molar-refractivity contribution in [3.63, 3.8) is 0 Å². The zero-order valence-corrected chi connectivity index (χ0v) is 42.4. The highest BCUT2D eigenvalue weighted by Crippen LogP contribution is 2.30. The second-order valence-electron chi connectivity index (χ2n) is 20.4. The van der Waals surface area contributed by atoms with Crippen molar-refractivity contribution in [2.45, 2.75) is 95.6 Å². The Labute approximate surface area is 431 Å². The summed E-state index contributed by atoms with van der Waals surface area (Å²) >= 11 is 0. The molecule has 4 fully saturated rings. The maximum atomic E-state index is 14.1. The predicted octanol–water partition coefficient (Wildman–Crippen LogP) is 7.53. The van der Waals surface area contributed by atoms with Crippen LogP contribution in [0.5, 0.6) is 0 Å². The lowest BCUT2D eigenvalue weighted by Crippen LogP contribution is -2.48. The first-order chi connectivity index (χ1) is 35.9. The number of imide groups is 1. The summed E-state index contributed by atoms with van der Waals surface area (Å²) in [6.45, 7) is 7.82. The Balaban J connectivity index is 0.683. The summed E-state index contributed by atoms with van der Waals surface area (Å²) in [7, 11) is 2.12. The number of hydrogen-bond acceptors (Lipinski definition) is 11. The largest absolute Gasteiger partial charge is 0.381 e. The summed E-state index contributed by atoms with van der Waals surface area (Å²) in [6, 6.07) is 22.6. The third-order valence-electron chi connectivity index (χ3n) is 15.0. The number of piperazine rings is 2.